The Morgan fingerprint density at radius 1 is 1.13 bits per heavy atom. The SMILES string of the molecule is COC(=O)[C@@H](C)[C@@H]1CC[C@H]2[C@]1(C)CC=C1[C@]23CC[C@@]2(C[C@H](OC(C)=O)CC[C@]12C)OO3. The topological polar surface area (TPSA) is 71.1 Å². The van der Waals surface area contributed by atoms with Crippen LogP contribution in [-0.2, 0) is 28.8 Å². The molecule has 2 aliphatic heterocycles. The lowest BCUT2D eigenvalue weighted by Crippen LogP contribution is -2.71. The van der Waals surface area contributed by atoms with Crippen LogP contribution in [0.2, 0.25) is 0 Å². The summed E-state index contributed by atoms with van der Waals surface area (Å²) < 4.78 is 10.7. The molecule has 0 aromatic rings. The Bertz CT molecular complexity index is 824. The van der Waals surface area contributed by atoms with Crippen molar-refractivity contribution in [3.8, 4) is 0 Å². The second kappa shape index (κ2) is 6.80. The molecule has 0 unspecified atom stereocenters. The van der Waals surface area contributed by atoms with E-state index >= 15 is 0 Å². The van der Waals surface area contributed by atoms with Gasteiger partial charge in [-0.1, -0.05) is 26.8 Å². The molecule has 6 heteroatoms. The quantitative estimate of drug-likeness (QED) is 0.371. The van der Waals surface area contributed by atoms with E-state index < -0.39 is 11.2 Å². The number of fused-ring (bicyclic) bond motifs is 3. The molecule has 8 atom stereocenters. The number of hydrogen-bond donors (Lipinski definition) is 0. The molecule has 2 bridgehead atoms. The summed E-state index contributed by atoms with van der Waals surface area (Å²) in [5.74, 6) is 0.156. The van der Waals surface area contributed by atoms with E-state index in [1.165, 1.54) is 19.6 Å². The molecule has 31 heavy (non-hydrogen) atoms. The number of rotatable bonds is 3. The summed E-state index contributed by atoms with van der Waals surface area (Å²) in [6.45, 7) is 8.18. The molecule has 2 saturated heterocycles. The van der Waals surface area contributed by atoms with Gasteiger partial charge in [0, 0.05) is 24.7 Å². The molecule has 2 heterocycles. The van der Waals surface area contributed by atoms with E-state index in [0.29, 0.717) is 12.3 Å². The highest BCUT2D eigenvalue weighted by Crippen LogP contribution is 2.73. The number of ether oxygens (including phenoxy) is 2. The van der Waals surface area contributed by atoms with Crippen LogP contribution in [0.1, 0.15) is 79.1 Å². The van der Waals surface area contributed by atoms with Crippen molar-refractivity contribution in [2.75, 3.05) is 7.11 Å². The summed E-state index contributed by atoms with van der Waals surface area (Å²) in [6.07, 6.45) is 9.69. The first kappa shape index (κ1) is 21.4. The first-order valence-corrected chi connectivity index (χ1v) is 11.9. The highest BCUT2D eigenvalue weighted by Gasteiger charge is 2.74. The van der Waals surface area contributed by atoms with Gasteiger partial charge in [0.2, 0.25) is 0 Å². The van der Waals surface area contributed by atoms with Gasteiger partial charge in [0.05, 0.1) is 13.0 Å². The van der Waals surface area contributed by atoms with Crippen LogP contribution in [0.15, 0.2) is 11.6 Å². The third-order valence-electron chi connectivity index (χ3n) is 10.1. The monoisotopic (exact) mass is 432 g/mol. The average Bonchev–Trinajstić information content (AvgIpc) is 3.10. The fraction of sp³-hybridized carbons (Fsp3) is 0.840. The minimum absolute atomic E-state index is 0.0108. The van der Waals surface area contributed by atoms with Crippen molar-refractivity contribution in [3.63, 3.8) is 0 Å². The number of esters is 2. The predicted molar refractivity (Wildman–Crippen MR) is 113 cm³/mol. The van der Waals surface area contributed by atoms with Gasteiger partial charge in [-0.3, -0.25) is 9.59 Å². The Morgan fingerprint density at radius 2 is 1.90 bits per heavy atom. The molecule has 0 N–H and O–H groups in total. The number of hydrogen-bond acceptors (Lipinski definition) is 6. The first-order valence-electron chi connectivity index (χ1n) is 11.9. The average molecular weight is 433 g/mol. The second-order valence-electron chi connectivity index (χ2n) is 11.2. The van der Waals surface area contributed by atoms with Crippen LogP contribution in [-0.4, -0.2) is 36.4 Å². The third kappa shape index (κ3) is 2.64. The standard InChI is InChI=1S/C25H36O6/c1-15(21(27)28-5)18-6-7-19-22(18,3)10-9-20-23(4)11-8-17(29-16(2)26)14-24(23)12-13-25(19,20)31-30-24/h9,15,17-19H,6-8,10-14H2,1-5H3/t15-,17+,18-,19-,22+,23+,24-,25-/m0/s1. The Labute approximate surface area is 184 Å². The lowest BCUT2D eigenvalue weighted by atomic mass is 9.44. The van der Waals surface area contributed by atoms with Crippen LogP contribution >= 0.6 is 0 Å². The molecule has 3 saturated carbocycles. The van der Waals surface area contributed by atoms with Gasteiger partial charge in [-0.05, 0) is 61.9 Å². The van der Waals surface area contributed by atoms with Gasteiger partial charge < -0.3 is 9.47 Å². The zero-order valence-electron chi connectivity index (χ0n) is 19.5. The van der Waals surface area contributed by atoms with Gasteiger partial charge in [0.1, 0.15) is 17.3 Å². The molecule has 6 nitrogen and oxygen atoms in total. The van der Waals surface area contributed by atoms with Gasteiger partial charge in [-0.25, -0.2) is 9.78 Å². The minimum atomic E-state index is -0.427. The number of allylic oxidation sites excluding steroid dienone is 1. The molecule has 0 amide bonds. The van der Waals surface area contributed by atoms with Crippen LogP contribution in [0.5, 0.6) is 0 Å². The number of methoxy groups -OCH3 is 1. The van der Waals surface area contributed by atoms with Crippen molar-refractivity contribution in [2.45, 2.75) is 96.4 Å². The maximum absolute atomic E-state index is 12.4. The number of carbonyl (C=O) groups excluding carboxylic acids is 2. The molecule has 0 radical (unpaired) electrons. The molecule has 0 aromatic heterocycles. The van der Waals surface area contributed by atoms with Crippen molar-refractivity contribution < 1.29 is 28.8 Å². The van der Waals surface area contributed by atoms with E-state index in [9.17, 15) is 9.59 Å². The summed E-state index contributed by atoms with van der Waals surface area (Å²) in [5.41, 5.74) is 0.468. The van der Waals surface area contributed by atoms with E-state index in [1.807, 2.05) is 6.92 Å². The molecular weight excluding hydrogens is 396 g/mol. The summed E-state index contributed by atoms with van der Waals surface area (Å²) in [6, 6.07) is 0. The van der Waals surface area contributed by atoms with E-state index in [4.69, 9.17) is 19.2 Å². The Morgan fingerprint density at radius 3 is 2.55 bits per heavy atom. The third-order valence-corrected chi connectivity index (χ3v) is 10.1. The van der Waals surface area contributed by atoms with Gasteiger partial charge in [0.15, 0.2) is 0 Å². The van der Waals surface area contributed by atoms with Crippen molar-refractivity contribution in [2.24, 2.45) is 28.6 Å². The highest BCUT2D eigenvalue weighted by molar-refractivity contribution is 5.72. The Balaban J connectivity index is 1.50. The van der Waals surface area contributed by atoms with Gasteiger partial charge in [-0.2, -0.15) is 0 Å². The summed E-state index contributed by atoms with van der Waals surface area (Å²) in [4.78, 5) is 36.7. The van der Waals surface area contributed by atoms with E-state index in [-0.39, 0.29) is 40.7 Å². The highest BCUT2D eigenvalue weighted by atomic mass is 17.2. The van der Waals surface area contributed by atoms with Crippen LogP contribution < -0.4 is 0 Å². The zero-order valence-corrected chi connectivity index (χ0v) is 19.5. The first-order chi connectivity index (χ1) is 14.6. The Hall–Kier alpha value is -1.40. The molecule has 0 aromatic carbocycles. The lowest BCUT2D eigenvalue weighted by molar-refractivity contribution is -0.494. The van der Waals surface area contributed by atoms with Crippen molar-refractivity contribution in [1.82, 2.24) is 0 Å². The molecule has 6 aliphatic rings. The van der Waals surface area contributed by atoms with Crippen LogP contribution in [0.3, 0.4) is 0 Å². The van der Waals surface area contributed by atoms with E-state index in [0.717, 1.165) is 44.9 Å². The van der Waals surface area contributed by atoms with Crippen LogP contribution in [0, 0.1) is 28.6 Å². The van der Waals surface area contributed by atoms with Crippen LogP contribution in [0.4, 0.5) is 0 Å². The van der Waals surface area contributed by atoms with Crippen molar-refractivity contribution in [1.29, 1.82) is 0 Å². The molecule has 172 valence electrons. The summed E-state index contributed by atoms with van der Waals surface area (Å²) >= 11 is 0. The number of carbonyl (C=O) groups is 2. The van der Waals surface area contributed by atoms with E-state index in [2.05, 4.69) is 19.9 Å². The zero-order chi connectivity index (χ0) is 22.2. The molecule has 2 spiro atoms. The maximum Gasteiger partial charge on any atom is 0.308 e. The van der Waals surface area contributed by atoms with Crippen LogP contribution in [0.25, 0.3) is 0 Å². The Kier molecular flexibility index (Phi) is 4.70. The largest absolute Gasteiger partial charge is 0.469 e. The molecular formula is C25H36O6. The lowest BCUT2D eigenvalue weighted by Gasteiger charge is -2.69. The van der Waals surface area contributed by atoms with Gasteiger partial charge >= 0.3 is 11.9 Å². The summed E-state index contributed by atoms with van der Waals surface area (Å²) in [5, 5.41) is 0. The molecule has 5 fully saturated rings. The normalized spacial score (nSPS) is 48.7. The van der Waals surface area contributed by atoms with Crippen molar-refractivity contribution >= 4 is 11.9 Å². The van der Waals surface area contributed by atoms with Gasteiger partial charge in [0.25, 0.3) is 0 Å². The fourth-order valence-electron chi connectivity index (χ4n) is 8.50. The maximum atomic E-state index is 12.4. The van der Waals surface area contributed by atoms with E-state index in [1.54, 1.807) is 0 Å². The fourth-order valence-corrected chi connectivity index (χ4v) is 8.50. The van der Waals surface area contributed by atoms with Gasteiger partial charge in [-0.15, -0.1) is 0 Å². The summed E-state index contributed by atoms with van der Waals surface area (Å²) in [7, 11) is 1.48. The second-order valence-corrected chi connectivity index (χ2v) is 11.2. The molecule has 6 rings (SSSR count). The molecule has 4 aliphatic carbocycles. The predicted octanol–water partition coefficient (Wildman–Crippen LogP) is 4.51. The smallest absolute Gasteiger partial charge is 0.308 e. The minimum Gasteiger partial charge on any atom is -0.469 e. The van der Waals surface area contributed by atoms with Crippen molar-refractivity contribution in [3.05, 3.63) is 11.6 Å².